The van der Waals surface area contributed by atoms with E-state index < -0.39 is 0 Å². The molecule has 26 heavy (non-hydrogen) atoms. The summed E-state index contributed by atoms with van der Waals surface area (Å²) in [5, 5.41) is 13.9. The molecule has 0 bridgehead atoms. The summed E-state index contributed by atoms with van der Waals surface area (Å²) in [6.45, 7) is 3.77. The predicted molar refractivity (Wildman–Crippen MR) is 95.7 cm³/mol. The number of benzene rings is 2. The van der Waals surface area contributed by atoms with Gasteiger partial charge < -0.3 is 14.8 Å². The molecule has 0 radical (unpaired) electrons. The zero-order valence-electron chi connectivity index (χ0n) is 14.8. The Morgan fingerprint density at radius 2 is 2.00 bits per heavy atom. The molecule has 0 spiro atoms. The highest BCUT2D eigenvalue weighted by Crippen LogP contribution is 2.27. The van der Waals surface area contributed by atoms with Gasteiger partial charge in [-0.2, -0.15) is 0 Å². The second-order valence-corrected chi connectivity index (χ2v) is 5.75. The molecule has 0 aliphatic heterocycles. The number of ether oxygens (including phenoxy) is 2. The van der Waals surface area contributed by atoms with Gasteiger partial charge in [-0.15, -0.1) is 5.10 Å². The fraction of sp³-hybridized carbons (Fsp3) is 0.222. The van der Waals surface area contributed by atoms with E-state index in [-0.39, 0.29) is 12.5 Å². The van der Waals surface area contributed by atoms with Crippen LogP contribution in [-0.2, 0) is 4.79 Å². The molecule has 0 fully saturated rings. The number of tetrazole rings is 1. The van der Waals surface area contributed by atoms with Gasteiger partial charge in [-0.3, -0.25) is 4.79 Å². The lowest BCUT2D eigenvalue weighted by Crippen LogP contribution is -2.20. The molecule has 0 unspecified atom stereocenters. The summed E-state index contributed by atoms with van der Waals surface area (Å²) >= 11 is 0. The molecule has 0 saturated carbocycles. The molecule has 134 valence electrons. The van der Waals surface area contributed by atoms with Crippen molar-refractivity contribution in [3.05, 3.63) is 53.9 Å². The highest BCUT2D eigenvalue weighted by atomic mass is 16.5. The van der Waals surface area contributed by atoms with Crippen molar-refractivity contribution < 1.29 is 14.3 Å². The fourth-order valence-corrected chi connectivity index (χ4v) is 2.44. The Hall–Kier alpha value is -3.42. The Balaban J connectivity index is 1.66. The van der Waals surface area contributed by atoms with Gasteiger partial charge in [0.25, 0.3) is 5.91 Å². The highest BCUT2D eigenvalue weighted by molar-refractivity contribution is 5.92. The lowest BCUT2D eigenvalue weighted by Gasteiger charge is -2.12. The van der Waals surface area contributed by atoms with Crippen molar-refractivity contribution in [3.63, 3.8) is 0 Å². The van der Waals surface area contributed by atoms with Crippen LogP contribution >= 0.6 is 0 Å². The van der Waals surface area contributed by atoms with E-state index in [1.165, 1.54) is 6.33 Å². The summed E-state index contributed by atoms with van der Waals surface area (Å²) < 4.78 is 12.4. The smallest absolute Gasteiger partial charge is 0.262 e. The van der Waals surface area contributed by atoms with Crippen LogP contribution in [0, 0.1) is 13.8 Å². The van der Waals surface area contributed by atoms with Crippen LogP contribution in [0.1, 0.15) is 11.1 Å². The predicted octanol–water partition coefficient (Wildman–Crippen LogP) is 2.31. The number of amides is 1. The van der Waals surface area contributed by atoms with Crippen LogP contribution in [0.5, 0.6) is 11.5 Å². The zero-order valence-corrected chi connectivity index (χ0v) is 14.8. The van der Waals surface area contributed by atoms with Gasteiger partial charge in [0.2, 0.25) is 0 Å². The first-order valence-electron chi connectivity index (χ1n) is 7.98. The average Bonchev–Trinajstić information content (AvgIpc) is 3.16. The average molecular weight is 353 g/mol. The minimum absolute atomic E-state index is 0.131. The Bertz CT molecular complexity index is 909. The van der Waals surface area contributed by atoms with Crippen LogP contribution in [-0.4, -0.2) is 39.8 Å². The molecule has 0 saturated heterocycles. The molecule has 0 aliphatic rings. The second-order valence-electron chi connectivity index (χ2n) is 5.75. The summed E-state index contributed by atoms with van der Waals surface area (Å²) in [5.41, 5.74) is 3.45. The van der Waals surface area contributed by atoms with Gasteiger partial charge in [0.15, 0.2) is 18.1 Å². The third kappa shape index (κ3) is 3.97. The monoisotopic (exact) mass is 353 g/mol. The van der Waals surface area contributed by atoms with E-state index in [9.17, 15) is 4.79 Å². The van der Waals surface area contributed by atoms with Gasteiger partial charge in [0, 0.05) is 5.69 Å². The highest BCUT2D eigenvalue weighted by Gasteiger charge is 2.10. The molecule has 0 aliphatic carbocycles. The summed E-state index contributed by atoms with van der Waals surface area (Å²) in [5.74, 6) is 0.833. The second kappa shape index (κ2) is 7.64. The van der Waals surface area contributed by atoms with E-state index in [0.717, 1.165) is 16.8 Å². The van der Waals surface area contributed by atoms with Gasteiger partial charge in [0.1, 0.15) is 6.33 Å². The number of methoxy groups -OCH3 is 1. The lowest BCUT2D eigenvalue weighted by molar-refractivity contribution is -0.118. The Labute approximate surface area is 150 Å². The van der Waals surface area contributed by atoms with Crippen molar-refractivity contribution in [2.45, 2.75) is 13.8 Å². The van der Waals surface area contributed by atoms with Crippen LogP contribution in [0.25, 0.3) is 5.69 Å². The van der Waals surface area contributed by atoms with Crippen molar-refractivity contribution in [2.24, 2.45) is 0 Å². The van der Waals surface area contributed by atoms with Crippen molar-refractivity contribution in [3.8, 4) is 17.2 Å². The minimum Gasteiger partial charge on any atom is -0.493 e. The van der Waals surface area contributed by atoms with Gasteiger partial charge in [-0.1, -0.05) is 12.1 Å². The Morgan fingerprint density at radius 3 is 2.73 bits per heavy atom. The Kier molecular flexibility index (Phi) is 5.12. The first-order chi connectivity index (χ1) is 12.6. The summed E-state index contributed by atoms with van der Waals surface area (Å²) in [7, 11) is 1.56. The molecule has 2 aromatic carbocycles. The number of hydrogen-bond donors (Lipinski definition) is 1. The molecule has 8 nitrogen and oxygen atoms in total. The van der Waals surface area contributed by atoms with Crippen molar-refractivity contribution in [1.29, 1.82) is 0 Å². The van der Waals surface area contributed by atoms with Crippen LogP contribution in [0.15, 0.2) is 42.7 Å². The van der Waals surface area contributed by atoms with E-state index in [1.54, 1.807) is 23.9 Å². The van der Waals surface area contributed by atoms with Crippen molar-refractivity contribution >= 4 is 11.6 Å². The number of nitrogens with one attached hydrogen (secondary N) is 1. The largest absolute Gasteiger partial charge is 0.493 e. The van der Waals surface area contributed by atoms with Crippen LogP contribution in [0.4, 0.5) is 5.69 Å². The normalized spacial score (nSPS) is 10.4. The number of carbonyl (C=O) groups excluding carboxylic acids is 1. The maximum Gasteiger partial charge on any atom is 0.262 e. The summed E-state index contributed by atoms with van der Waals surface area (Å²) in [6, 6.07) is 11.0. The third-order valence-electron chi connectivity index (χ3n) is 3.77. The molecule has 1 aromatic heterocycles. The standard InChI is InChI=1S/C18H19N5O3/c1-12-4-7-16(17(8-12)25-3)26-10-18(24)20-14-6-5-13(2)15(9-14)23-11-19-21-22-23/h4-9,11H,10H2,1-3H3,(H,20,24). The molecule has 3 aromatic rings. The Morgan fingerprint density at radius 1 is 1.15 bits per heavy atom. The molecular formula is C18H19N5O3. The SMILES string of the molecule is COc1cc(C)ccc1OCC(=O)Nc1ccc(C)c(-n2cnnn2)c1. The molecule has 1 amide bonds. The number of rotatable bonds is 6. The van der Waals surface area contributed by atoms with Crippen LogP contribution < -0.4 is 14.8 Å². The minimum atomic E-state index is -0.279. The number of carbonyl (C=O) groups is 1. The van der Waals surface area contributed by atoms with E-state index in [0.29, 0.717) is 17.2 Å². The molecule has 3 rings (SSSR count). The first kappa shape index (κ1) is 17.4. The van der Waals surface area contributed by atoms with Gasteiger partial charge in [-0.25, -0.2) is 4.68 Å². The van der Waals surface area contributed by atoms with Gasteiger partial charge in [-0.05, 0) is 59.7 Å². The molecular weight excluding hydrogens is 334 g/mol. The molecule has 0 atom stereocenters. The summed E-state index contributed by atoms with van der Waals surface area (Å²) in [4.78, 5) is 12.2. The summed E-state index contributed by atoms with van der Waals surface area (Å²) in [6.07, 6.45) is 1.50. The van der Waals surface area contributed by atoms with Crippen LogP contribution in [0.3, 0.4) is 0 Å². The quantitative estimate of drug-likeness (QED) is 0.731. The number of aromatic nitrogens is 4. The van der Waals surface area contributed by atoms with Crippen LogP contribution in [0.2, 0.25) is 0 Å². The molecule has 1 heterocycles. The number of nitrogens with zero attached hydrogens (tertiary/aromatic N) is 4. The van der Waals surface area contributed by atoms with Crippen molar-refractivity contribution in [1.82, 2.24) is 20.2 Å². The number of hydrogen-bond acceptors (Lipinski definition) is 6. The lowest BCUT2D eigenvalue weighted by atomic mass is 10.2. The maximum absolute atomic E-state index is 12.2. The maximum atomic E-state index is 12.2. The third-order valence-corrected chi connectivity index (χ3v) is 3.77. The van der Waals surface area contributed by atoms with E-state index >= 15 is 0 Å². The van der Waals surface area contributed by atoms with E-state index in [1.807, 2.05) is 38.1 Å². The van der Waals surface area contributed by atoms with Gasteiger partial charge in [0.05, 0.1) is 12.8 Å². The van der Waals surface area contributed by atoms with E-state index in [4.69, 9.17) is 9.47 Å². The fourth-order valence-electron chi connectivity index (χ4n) is 2.44. The topological polar surface area (TPSA) is 91.2 Å². The number of aryl methyl sites for hydroxylation is 2. The molecule has 1 N–H and O–H groups in total. The number of anilines is 1. The first-order valence-corrected chi connectivity index (χ1v) is 7.98. The van der Waals surface area contributed by atoms with Crippen molar-refractivity contribution in [2.75, 3.05) is 19.0 Å². The molecule has 8 heteroatoms. The van der Waals surface area contributed by atoms with Gasteiger partial charge >= 0.3 is 0 Å². The zero-order chi connectivity index (χ0) is 18.5. The van der Waals surface area contributed by atoms with E-state index in [2.05, 4.69) is 20.8 Å².